The quantitative estimate of drug-likeness (QED) is 0.771. The summed E-state index contributed by atoms with van der Waals surface area (Å²) in [7, 11) is 1.58. The molecule has 0 saturated carbocycles. The Morgan fingerprint density at radius 1 is 1.25 bits per heavy atom. The van der Waals surface area contributed by atoms with Gasteiger partial charge in [-0.15, -0.1) is 0 Å². The van der Waals surface area contributed by atoms with Gasteiger partial charge in [0.25, 0.3) is 0 Å². The molecule has 0 aromatic heterocycles. The van der Waals surface area contributed by atoms with Crippen LogP contribution in [0.25, 0.3) is 0 Å². The van der Waals surface area contributed by atoms with Gasteiger partial charge in [0, 0.05) is 11.9 Å². The van der Waals surface area contributed by atoms with Crippen molar-refractivity contribution in [3.8, 4) is 0 Å². The number of methoxy groups -OCH3 is 1. The van der Waals surface area contributed by atoms with Crippen LogP contribution in [-0.2, 0) is 17.3 Å². The van der Waals surface area contributed by atoms with E-state index in [0.29, 0.717) is 13.0 Å². The average Bonchev–Trinajstić information content (AvgIpc) is 2.17. The van der Waals surface area contributed by atoms with Gasteiger partial charge in [-0.25, -0.2) is 0 Å². The third-order valence-electron chi connectivity index (χ3n) is 2.09. The van der Waals surface area contributed by atoms with Crippen molar-refractivity contribution in [3.63, 3.8) is 0 Å². The minimum absolute atomic E-state index is 0.120. The number of hydrogen-bond acceptors (Lipinski definition) is 1. The lowest BCUT2D eigenvalue weighted by Crippen LogP contribution is -2.10. The van der Waals surface area contributed by atoms with Crippen LogP contribution in [0.15, 0.2) is 24.3 Å². The molecule has 0 saturated heterocycles. The molecule has 1 rings (SSSR count). The summed E-state index contributed by atoms with van der Waals surface area (Å²) in [5.41, 5.74) is 0.237. The molecule has 5 heteroatoms. The molecule has 0 fully saturated rings. The second-order valence-corrected chi connectivity index (χ2v) is 4.75. The fourth-order valence-electron chi connectivity index (χ4n) is 1.33. The van der Waals surface area contributed by atoms with Crippen molar-refractivity contribution >= 4 is 15.9 Å². The number of halogens is 4. The maximum Gasteiger partial charge on any atom is 0.416 e. The second-order valence-electron chi connectivity index (χ2n) is 3.45. The van der Waals surface area contributed by atoms with Gasteiger partial charge in [0.1, 0.15) is 0 Å². The smallest absolute Gasteiger partial charge is 0.384 e. The zero-order chi connectivity index (χ0) is 12.2. The van der Waals surface area contributed by atoms with E-state index >= 15 is 0 Å². The highest BCUT2D eigenvalue weighted by Crippen LogP contribution is 2.29. The highest BCUT2D eigenvalue weighted by atomic mass is 79.9. The predicted molar refractivity (Wildman–Crippen MR) is 59.7 cm³/mol. The molecule has 0 bridgehead atoms. The zero-order valence-electron chi connectivity index (χ0n) is 8.72. The topological polar surface area (TPSA) is 9.23 Å². The van der Waals surface area contributed by atoms with Crippen LogP contribution in [-0.4, -0.2) is 18.5 Å². The predicted octanol–water partition coefficient (Wildman–Crippen LogP) is 3.66. The molecule has 1 atom stereocenters. The summed E-state index contributed by atoms with van der Waals surface area (Å²) in [6.45, 7) is 0.529. The third-order valence-corrected chi connectivity index (χ3v) is 2.67. The molecule has 0 radical (unpaired) electrons. The molecule has 1 unspecified atom stereocenters. The first-order chi connectivity index (χ1) is 7.43. The first-order valence-electron chi connectivity index (χ1n) is 4.72. The van der Waals surface area contributed by atoms with Crippen molar-refractivity contribution in [1.82, 2.24) is 0 Å². The van der Waals surface area contributed by atoms with E-state index in [1.807, 2.05) is 0 Å². The van der Waals surface area contributed by atoms with Crippen molar-refractivity contribution < 1.29 is 17.9 Å². The second kappa shape index (κ2) is 5.68. The maximum absolute atomic E-state index is 12.3. The summed E-state index contributed by atoms with van der Waals surface area (Å²) >= 11 is 3.39. The third kappa shape index (κ3) is 4.14. The van der Waals surface area contributed by atoms with Gasteiger partial charge >= 0.3 is 6.18 Å². The van der Waals surface area contributed by atoms with E-state index < -0.39 is 11.7 Å². The van der Waals surface area contributed by atoms with Crippen LogP contribution in [0.2, 0.25) is 0 Å². The molecule has 1 aromatic carbocycles. The van der Waals surface area contributed by atoms with Gasteiger partial charge in [0.05, 0.1) is 12.2 Å². The molecule has 0 amide bonds. The maximum atomic E-state index is 12.3. The van der Waals surface area contributed by atoms with Crippen LogP contribution in [0, 0.1) is 0 Å². The number of hydrogen-bond donors (Lipinski definition) is 0. The number of rotatable bonds is 4. The fourth-order valence-corrected chi connectivity index (χ4v) is 1.96. The zero-order valence-corrected chi connectivity index (χ0v) is 10.3. The van der Waals surface area contributed by atoms with Crippen molar-refractivity contribution in [2.45, 2.75) is 17.4 Å². The van der Waals surface area contributed by atoms with Crippen LogP contribution >= 0.6 is 15.9 Å². The van der Waals surface area contributed by atoms with Gasteiger partial charge in [-0.05, 0) is 24.1 Å². The van der Waals surface area contributed by atoms with E-state index in [4.69, 9.17) is 4.74 Å². The SMILES string of the molecule is COCC(Br)Cc1ccc(C(F)(F)F)cc1. The minimum atomic E-state index is -4.27. The minimum Gasteiger partial charge on any atom is -0.384 e. The van der Waals surface area contributed by atoms with E-state index in [9.17, 15) is 13.2 Å². The molecule has 90 valence electrons. The van der Waals surface area contributed by atoms with Gasteiger partial charge in [-0.1, -0.05) is 28.1 Å². The van der Waals surface area contributed by atoms with Crippen molar-refractivity contribution in [1.29, 1.82) is 0 Å². The van der Waals surface area contributed by atoms with E-state index in [-0.39, 0.29) is 4.83 Å². The molecular weight excluding hydrogens is 285 g/mol. The van der Waals surface area contributed by atoms with Gasteiger partial charge in [-0.3, -0.25) is 0 Å². The Morgan fingerprint density at radius 2 is 1.81 bits per heavy atom. The highest BCUT2D eigenvalue weighted by molar-refractivity contribution is 9.09. The first kappa shape index (κ1) is 13.5. The van der Waals surface area contributed by atoms with Gasteiger partial charge in [-0.2, -0.15) is 13.2 Å². The van der Waals surface area contributed by atoms with Crippen molar-refractivity contribution in [2.75, 3.05) is 13.7 Å². The van der Waals surface area contributed by atoms with Gasteiger partial charge in [0.15, 0.2) is 0 Å². The summed E-state index contributed by atoms with van der Waals surface area (Å²) in [4.78, 5) is 0.120. The van der Waals surface area contributed by atoms with Crippen LogP contribution in [0.5, 0.6) is 0 Å². The van der Waals surface area contributed by atoms with Crippen LogP contribution < -0.4 is 0 Å². The van der Waals surface area contributed by atoms with Gasteiger partial charge in [0.2, 0.25) is 0 Å². The summed E-state index contributed by atoms with van der Waals surface area (Å²) in [6.07, 6.45) is -3.62. The molecule has 1 aromatic rings. The average molecular weight is 297 g/mol. The Bertz CT molecular complexity index is 321. The van der Waals surface area contributed by atoms with Crippen LogP contribution in [0.1, 0.15) is 11.1 Å². The Morgan fingerprint density at radius 3 is 2.25 bits per heavy atom. The fraction of sp³-hybridized carbons (Fsp3) is 0.455. The summed E-state index contributed by atoms with van der Waals surface area (Å²) in [6, 6.07) is 5.18. The lowest BCUT2D eigenvalue weighted by molar-refractivity contribution is -0.137. The summed E-state index contributed by atoms with van der Waals surface area (Å²) in [5, 5.41) is 0. The lowest BCUT2D eigenvalue weighted by Gasteiger charge is -2.10. The van der Waals surface area contributed by atoms with Crippen molar-refractivity contribution in [2.24, 2.45) is 0 Å². The van der Waals surface area contributed by atoms with E-state index in [2.05, 4.69) is 15.9 Å². The number of ether oxygens (including phenoxy) is 1. The summed E-state index contributed by atoms with van der Waals surface area (Å²) in [5.74, 6) is 0. The molecule has 1 nitrogen and oxygen atoms in total. The largest absolute Gasteiger partial charge is 0.416 e. The molecule has 0 aliphatic carbocycles. The van der Waals surface area contributed by atoms with Crippen molar-refractivity contribution in [3.05, 3.63) is 35.4 Å². The Balaban J connectivity index is 2.65. The molecule has 16 heavy (non-hydrogen) atoms. The molecule has 0 spiro atoms. The highest BCUT2D eigenvalue weighted by Gasteiger charge is 2.29. The van der Waals surface area contributed by atoms with Crippen LogP contribution in [0.3, 0.4) is 0 Å². The van der Waals surface area contributed by atoms with Gasteiger partial charge < -0.3 is 4.74 Å². The monoisotopic (exact) mass is 296 g/mol. The normalized spacial score (nSPS) is 13.8. The van der Waals surface area contributed by atoms with E-state index in [1.165, 1.54) is 12.1 Å². The van der Waals surface area contributed by atoms with E-state index in [0.717, 1.165) is 17.7 Å². The summed E-state index contributed by atoms with van der Waals surface area (Å²) < 4.78 is 41.7. The Labute approximate surface area is 101 Å². The Kier molecular flexibility index (Phi) is 4.80. The van der Waals surface area contributed by atoms with E-state index in [1.54, 1.807) is 7.11 Å². The molecular formula is C11H12BrF3O. The number of alkyl halides is 4. The lowest BCUT2D eigenvalue weighted by atomic mass is 10.1. The first-order valence-corrected chi connectivity index (χ1v) is 5.64. The molecule has 0 heterocycles. The molecule has 0 aliphatic rings. The molecule has 0 N–H and O–H groups in total. The Hall–Kier alpha value is -0.550. The van der Waals surface area contributed by atoms with Crippen LogP contribution in [0.4, 0.5) is 13.2 Å². The standard InChI is InChI=1S/C11H12BrF3O/c1-16-7-10(12)6-8-2-4-9(5-3-8)11(13,14)15/h2-5,10H,6-7H2,1H3. The number of benzene rings is 1. The molecule has 0 aliphatic heterocycles.